The molecular formula is C26H29N7O3. The Bertz CT molecular complexity index is 1310. The van der Waals surface area contributed by atoms with Gasteiger partial charge in [-0.1, -0.05) is 0 Å². The van der Waals surface area contributed by atoms with Gasteiger partial charge in [0.15, 0.2) is 0 Å². The van der Waals surface area contributed by atoms with E-state index in [0.717, 1.165) is 85.8 Å². The van der Waals surface area contributed by atoms with Crippen LogP contribution in [0.5, 0.6) is 5.75 Å². The van der Waals surface area contributed by atoms with Gasteiger partial charge in [-0.2, -0.15) is 0 Å². The lowest BCUT2D eigenvalue weighted by Crippen LogP contribution is -2.36. The van der Waals surface area contributed by atoms with Gasteiger partial charge in [-0.3, -0.25) is 4.98 Å². The molecule has 0 bridgehead atoms. The molecule has 4 aromatic rings. The number of nitrogens with zero attached hydrogens (tertiary/aromatic N) is 6. The van der Waals surface area contributed by atoms with E-state index < -0.39 is 0 Å². The summed E-state index contributed by atoms with van der Waals surface area (Å²) < 4.78 is 17.5. The number of morpholine rings is 1. The standard InChI is InChI=1S/C26H29N7O3/c1-17-31-32-26(35-17)18-2-7-24(29-16-18)30-19-3-5-21(6-4-19)36-23-15-20(33-10-12-34-13-11-33)14-22-25(23)28-9-8-27-22/h2,7-9,14-16,19,21H,3-6,10-13H2,1H3,(H,29,30). The van der Waals surface area contributed by atoms with Crippen LogP contribution in [0.2, 0.25) is 0 Å². The Morgan fingerprint density at radius 1 is 0.972 bits per heavy atom. The molecule has 0 amide bonds. The molecule has 3 aromatic heterocycles. The van der Waals surface area contributed by atoms with Crippen molar-refractivity contribution in [3.8, 4) is 17.2 Å². The first-order valence-electron chi connectivity index (χ1n) is 12.5. The number of hydrogen-bond acceptors (Lipinski definition) is 10. The summed E-state index contributed by atoms with van der Waals surface area (Å²) >= 11 is 0. The van der Waals surface area contributed by atoms with Crippen LogP contribution in [0.1, 0.15) is 31.6 Å². The first-order valence-corrected chi connectivity index (χ1v) is 12.5. The topological polar surface area (TPSA) is 111 Å². The molecule has 4 heterocycles. The first kappa shape index (κ1) is 22.7. The minimum Gasteiger partial charge on any atom is -0.488 e. The van der Waals surface area contributed by atoms with Gasteiger partial charge in [0.25, 0.3) is 0 Å². The third kappa shape index (κ3) is 4.94. The van der Waals surface area contributed by atoms with E-state index in [-0.39, 0.29) is 6.10 Å². The predicted octanol–water partition coefficient (Wildman–Crippen LogP) is 4.02. The number of hydrogen-bond donors (Lipinski definition) is 1. The van der Waals surface area contributed by atoms with Crippen LogP contribution >= 0.6 is 0 Å². The molecule has 10 nitrogen and oxygen atoms in total. The Balaban J connectivity index is 1.09. The number of ether oxygens (including phenoxy) is 2. The molecule has 1 aromatic carbocycles. The minimum atomic E-state index is 0.143. The minimum absolute atomic E-state index is 0.143. The number of nitrogens with one attached hydrogen (secondary N) is 1. The van der Waals surface area contributed by atoms with E-state index in [1.54, 1.807) is 25.5 Å². The Morgan fingerprint density at radius 3 is 2.56 bits per heavy atom. The van der Waals surface area contributed by atoms with Crippen LogP contribution in [-0.2, 0) is 4.74 Å². The Morgan fingerprint density at radius 2 is 1.81 bits per heavy atom. The number of rotatable bonds is 6. The van der Waals surface area contributed by atoms with Gasteiger partial charge in [-0.05, 0) is 43.9 Å². The molecule has 0 unspecified atom stereocenters. The third-order valence-corrected chi connectivity index (χ3v) is 6.76. The van der Waals surface area contributed by atoms with Crippen LogP contribution < -0.4 is 15.0 Å². The van der Waals surface area contributed by atoms with Crippen molar-refractivity contribution in [2.45, 2.75) is 44.8 Å². The maximum Gasteiger partial charge on any atom is 0.249 e. The van der Waals surface area contributed by atoms with Gasteiger partial charge >= 0.3 is 0 Å². The molecule has 6 rings (SSSR count). The number of pyridine rings is 1. The van der Waals surface area contributed by atoms with Crippen LogP contribution in [0.25, 0.3) is 22.5 Å². The van der Waals surface area contributed by atoms with E-state index >= 15 is 0 Å². The van der Waals surface area contributed by atoms with Crippen molar-refractivity contribution in [3.05, 3.63) is 48.7 Å². The molecule has 1 N–H and O–H groups in total. The summed E-state index contributed by atoms with van der Waals surface area (Å²) in [5.74, 6) is 2.68. The van der Waals surface area contributed by atoms with E-state index in [0.29, 0.717) is 17.8 Å². The zero-order valence-corrected chi connectivity index (χ0v) is 20.3. The number of aryl methyl sites for hydroxylation is 1. The van der Waals surface area contributed by atoms with Gasteiger partial charge in [0.1, 0.15) is 17.1 Å². The smallest absolute Gasteiger partial charge is 0.249 e. The lowest BCUT2D eigenvalue weighted by Gasteiger charge is -2.31. The van der Waals surface area contributed by atoms with Crippen molar-refractivity contribution in [2.75, 3.05) is 36.5 Å². The second-order valence-corrected chi connectivity index (χ2v) is 9.26. The fourth-order valence-corrected chi connectivity index (χ4v) is 4.86. The number of anilines is 2. The monoisotopic (exact) mass is 487 g/mol. The Labute approximate surface area is 209 Å². The van der Waals surface area contributed by atoms with Crippen molar-refractivity contribution < 1.29 is 13.9 Å². The highest BCUT2D eigenvalue weighted by atomic mass is 16.5. The molecule has 0 atom stereocenters. The van der Waals surface area contributed by atoms with Crippen molar-refractivity contribution >= 4 is 22.5 Å². The molecule has 1 saturated carbocycles. The lowest BCUT2D eigenvalue weighted by molar-refractivity contribution is 0.122. The number of aromatic nitrogens is 5. The SMILES string of the molecule is Cc1nnc(-c2ccc(NC3CCC(Oc4cc(N5CCOCC5)cc5nccnc45)CC3)nc2)o1. The average molecular weight is 488 g/mol. The second-order valence-electron chi connectivity index (χ2n) is 9.26. The molecule has 1 aliphatic heterocycles. The zero-order chi connectivity index (χ0) is 24.3. The van der Waals surface area contributed by atoms with Gasteiger partial charge in [0.05, 0.1) is 30.4 Å². The zero-order valence-electron chi connectivity index (χ0n) is 20.3. The number of benzene rings is 1. The van der Waals surface area contributed by atoms with E-state index in [4.69, 9.17) is 13.9 Å². The Hall–Kier alpha value is -3.79. The average Bonchev–Trinajstić information content (AvgIpc) is 3.37. The van der Waals surface area contributed by atoms with Gasteiger partial charge in [-0.25, -0.2) is 9.97 Å². The van der Waals surface area contributed by atoms with Crippen molar-refractivity contribution in [1.29, 1.82) is 0 Å². The van der Waals surface area contributed by atoms with Crippen LogP contribution in [0.3, 0.4) is 0 Å². The molecular weight excluding hydrogens is 458 g/mol. The van der Waals surface area contributed by atoms with Gasteiger partial charge in [-0.15, -0.1) is 10.2 Å². The number of fused-ring (bicyclic) bond motifs is 1. The van der Waals surface area contributed by atoms with Gasteiger partial charge in [0, 0.05) is 56.4 Å². The van der Waals surface area contributed by atoms with Gasteiger partial charge < -0.3 is 24.1 Å². The highest BCUT2D eigenvalue weighted by molar-refractivity contribution is 5.85. The summed E-state index contributed by atoms with van der Waals surface area (Å²) in [4.78, 5) is 16.0. The maximum absolute atomic E-state index is 6.54. The van der Waals surface area contributed by atoms with Crippen LogP contribution in [0.4, 0.5) is 11.5 Å². The fraction of sp³-hybridized carbons (Fsp3) is 0.423. The summed E-state index contributed by atoms with van der Waals surface area (Å²) in [6.07, 6.45) is 9.29. The fourth-order valence-electron chi connectivity index (χ4n) is 4.86. The summed E-state index contributed by atoms with van der Waals surface area (Å²) in [6, 6.07) is 8.47. The summed E-state index contributed by atoms with van der Waals surface area (Å²) in [6.45, 7) is 4.98. The molecule has 10 heteroatoms. The molecule has 2 aliphatic rings. The molecule has 2 fully saturated rings. The summed E-state index contributed by atoms with van der Waals surface area (Å²) in [5, 5.41) is 11.5. The van der Waals surface area contributed by atoms with Crippen molar-refractivity contribution in [1.82, 2.24) is 25.1 Å². The van der Waals surface area contributed by atoms with Crippen molar-refractivity contribution in [2.24, 2.45) is 0 Å². The van der Waals surface area contributed by atoms with Crippen molar-refractivity contribution in [3.63, 3.8) is 0 Å². The van der Waals surface area contributed by atoms with E-state index in [9.17, 15) is 0 Å². The molecule has 0 spiro atoms. The summed E-state index contributed by atoms with van der Waals surface area (Å²) in [7, 11) is 0. The molecule has 1 saturated heterocycles. The highest BCUT2D eigenvalue weighted by Crippen LogP contribution is 2.33. The lowest BCUT2D eigenvalue weighted by atomic mass is 9.93. The quantitative estimate of drug-likeness (QED) is 0.428. The maximum atomic E-state index is 6.54. The Kier molecular flexibility index (Phi) is 6.33. The van der Waals surface area contributed by atoms with Crippen LogP contribution in [0.15, 0.2) is 47.3 Å². The third-order valence-electron chi connectivity index (χ3n) is 6.76. The molecule has 1 aliphatic carbocycles. The molecule has 186 valence electrons. The van der Waals surface area contributed by atoms with E-state index in [1.807, 2.05) is 12.1 Å². The highest BCUT2D eigenvalue weighted by Gasteiger charge is 2.24. The van der Waals surface area contributed by atoms with Gasteiger partial charge in [0.2, 0.25) is 11.8 Å². The first-order chi connectivity index (χ1) is 17.7. The second kappa shape index (κ2) is 10.1. The normalized spacial score (nSPS) is 20.4. The van der Waals surface area contributed by atoms with Crippen LogP contribution in [-0.4, -0.2) is 63.6 Å². The molecule has 0 radical (unpaired) electrons. The summed E-state index contributed by atoms with van der Waals surface area (Å²) in [5.41, 5.74) is 3.60. The predicted molar refractivity (Wildman–Crippen MR) is 135 cm³/mol. The van der Waals surface area contributed by atoms with E-state index in [2.05, 4.69) is 47.5 Å². The molecule has 36 heavy (non-hydrogen) atoms. The van der Waals surface area contributed by atoms with Crippen LogP contribution in [0, 0.1) is 6.92 Å². The largest absolute Gasteiger partial charge is 0.488 e. The van der Waals surface area contributed by atoms with E-state index in [1.165, 1.54) is 0 Å².